The van der Waals surface area contributed by atoms with E-state index in [4.69, 9.17) is 15.6 Å². The van der Waals surface area contributed by atoms with Crippen LogP contribution in [0.3, 0.4) is 0 Å². The minimum Gasteiger partial charge on any atom is -0.394 e. The molecule has 4 N–H and O–H groups in total. The van der Waals surface area contributed by atoms with Gasteiger partial charge in [-0.1, -0.05) is 6.08 Å². The lowest BCUT2D eigenvalue weighted by molar-refractivity contribution is -0.167. The molecule has 19 heavy (non-hydrogen) atoms. The summed E-state index contributed by atoms with van der Waals surface area (Å²) < 4.78 is 32.8. The first-order valence-corrected chi connectivity index (χ1v) is 5.93. The summed E-state index contributed by atoms with van der Waals surface area (Å²) in [7, 11) is 0. The first-order valence-electron chi connectivity index (χ1n) is 5.93. The monoisotopic (exact) mass is 278 g/mol. The van der Waals surface area contributed by atoms with Gasteiger partial charge in [0.05, 0.1) is 6.61 Å². The molecule has 6 nitrogen and oxygen atoms in total. The molecule has 0 aromatic rings. The molecular formula is C11H16F2N2O4. The van der Waals surface area contributed by atoms with E-state index in [1.807, 2.05) is 0 Å². The van der Waals surface area contributed by atoms with Crippen molar-refractivity contribution in [2.45, 2.75) is 30.8 Å². The van der Waals surface area contributed by atoms with Crippen LogP contribution in [0.4, 0.5) is 8.78 Å². The number of halogens is 2. The van der Waals surface area contributed by atoms with Crippen LogP contribution < -0.4 is 5.73 Å². The lowest BCUT2D eigenvalue weighted by Gasteiger charge is -2.33. The van der Waals surface area contributed by atoms with Crippen molar-refractivity contribution in [1.29, 1.82) is 0 Å². The van der Waals surface area contributed by atoms with Gasteiger partial charge < -0.3 is 20.7 Å². The third-order valence-corrected chi connectivity index (χ3v) is 3.39. The van der Waals surface area contributed by atoms with Gasteiger partial charge in [0.25, 0.3) is 0 Å². The van der Waals surface area contributed by atoms with Crippen molar-refractivity contribution in [1.82, 2.24) is 4.90 Å². The Morgan fingerprint density at radius 3 is 2.84 bits per heavy atom. The third kappa shape index (κ3) is 2.48. The van der Waals surface area contributed by atoms with Gasteiger partial charge in [0.1, 0.15) is 12.2 Å². The number of nitrogens with two attached hydrogens (primary N) is 1. The Labute approximate surface area is 108 Å². The molecule has 3 atom stereocenters. The van der Waals surface area contributed by atoms with Crippen LogP contribution >= 0.6 is 0 Å². The maximum atomic E-state index is 13.9. The zero-order valence-corrected chi connectivity index (χ0v) is 10.1. The molecule has 2 rings (SSSR count). The number of primary amides is 1. The molecule has 0 spiro atoms. The number of aliphatic hydroxyl groups is 2. The molecule has 1 amide bonds. The van der Waals surface area contributed by atoms with Crippen LogP contribution in [0.15, 0.2) is 11.6 Å². The molecule has 0 aromatic carbocycles. The molecular weight excluding hydrogens is 262 g/mol. The Bertz CT molecular complexity index is 402. The molecule has 2 heterocycles. The Hall–Kier alpha value is -1.09. The van der Waals surface area contributed by atoms with Crippen LogP contribution in [0.25, 0.3) is 0 Å². The second-order valence-corrected chi connectivity index (χ2v) is 4.68. The van der Waals surface area contributed by atoms with E-state index in [2.05, 4.69) is 0 Å². The molecule has 108 valence electrons. The topological polar surface area (TPSA) is 96.0 Å². The second-order valence-electron chi connectivity index (χ2n) is 4.68. The van der Waals surface area contributed by atoms with Crippen LogP contribution in [0.5, 0.6) is 0 Å². The van der Waals surface area contributed by atoms with E-state index < -0.39 is 36.9 Å². The van der Waals surface area contributed by atoms with Gasteiger partial charge in [-0.15, -0.1) is 0 Å². The summed E-state index contributed by atoms with van der Waals surface area (Å²) in [5.74, 6) is -4.17. The summed E-state index contributed by atoms with van der Waals surface area (Å²) in [6.45, 7) is -0.484. The second kappa shape index (κ2) is 5.12. The van der Waals surface area contributed by atoms with Gasteiger partial charge in [-0.05, 0) is 6.42 Å². The van der Waals surface area contributed by atoms with Crippen molar-refractivity contribution < 1.29 is 28.5 Å². The van der Waals surface area contributed by atoms with Gasteiger partial charge in [-0.3, -0.25) is 9.69 Å². The molecule has 0 saturated carbocycles. The summed E-state index contributed by atoms with van der Waals surface area (Å²) in [6, 6.07) is 0. The summed E-state index contributed by atoms with van der Waals surface area (Å²) in [4.78, 5) is 12.3. The lowest BCUT2D eigenvalue weighted by atomic mass is 10.1. The minimum atomic E-state index is -3.51. The van der Waals surface area contributed by atoms with Crippen molar-refractivity contribution in [2.24, 2.45) is 5.73 Å². The number of rotatable bonds is 3. The molecule has 1 saturated heterocycles. The Morgan fingerprint density at radius 2 is 2.32 bits per heavy atom. The molecule has 0 aromatic heterocycles. The number of ether oxygens (including phenoxy) is 1. The number of nitrogens with zero attached hydrogens (tertiary/aromatic N) is 1. The molecule has 1 unspecified atom stereocenters. The standard InChI is InChI=1S/C11H16F2N2O4/c12-11(13)8(17)7(5-16)19-10(11)15-3-1-2-6(4-15)9(14)18/h2,7-8,10,16-17H,1,3-5H2,(H2,14,18)/t7-,8?,10-/m1/s1. The van der Waals surface area contributed by atoms with Gasteiger partial charge in [-0.25, -0.2) is 0 Å². The maximum absolute atomic E-state index is 13.9. The number of hydrogen-bond donors (Lipinski definition) is 3. The number of aliphatic hydroxyl groups excluding tert-OH is 2. The first kappa shape index (κ1) is 14.3. The van der Waals surface area contributed by atoms with E-state index in [0.29, 0.717) is 6.42 Å². The molecule has 1 fully saturated rings. The highest BCUT2D eigenvalue weighted by molar-refractivity contribution is 5.92. The van der Waals surface area contributed by atoms with E-state index in [1.54, 1.807) is 6.08 Å². The summed E-state index contributed by atoms with van der Waals surface area (Å²) in [6.07, 6.45) is -3.06. The fourth-order valence-corrected chi connectivity index (χ4v) is 2.34. The molecule has 8 heteroatoms. The fourth-order valence-electron chi connectivity index (χ4n) is 2.34. The smallest absolute Gasteiger partial charge is 0.314 e. The lowest BCUT2D eigenvalue weighted by Crippen LogP contribution is -2.51. The minimum absolute atomic E-state index is 0.0551. The largest absolute Gasteiger partial charge is 0.394 e. The van der Waals surface area contributed by atoms with Crippen molar-refractivity contribution in [3.8, 4) is 0 Å². The van der Waals surface area contributed by atoms with Crippen molar-refractivity contribution in [2.75, 3.05) is 19.7 Å². The predicted molar refractivity (Wildman–Crippen MR) is 60.2 cm³/mol. The fraction of sp³-hybridized carbons (Fsp3) is 0.727. The number of amides is 1. The molecule has 2 aliphatic rings. The number of hydrogen-bond acceptors (Lipinski definition) is 5. The summed E-state index contributed by atoms with van der Waals surface area (Å²) in [5.41, 5.74) is 5.37. The molecule has 0 radical (unpaired) electrons. The third-order valence-electron chi connectivity index (χ3n) is 3.39. The normalized spacial score (nSPS) is 35.2. The van der Waals surface area contributed by atoms with E-state index in [-0.39, 0.29) is 18.7 Å². The van der Waals surface area contributed by atoms with Gasteiger partial charge in [0, 0.05) is 18.7 Å². The average Bonchev–Trinajstić information content (AvgIpc) is 2.61. The van der Waals surface area contributed by atoms with Gasteiger partial charge in [0.2, 0.25) is 5.91 Å². The SMILES string of the molecule is NC(=O)C1=CCCN([C@@H]2O[C@H](CO)C(O)C2(F)F)C1. The molecule has 0 aliphatic carbocycles. The maximum Gasteiger partial charge on any atom is 0.314 e. The first-order chi connectivity index (χ1) is 8.87. The zero-order valence-electron chi connectivity index (χ0n) is 10.1. The predicted octanol–water partition coefficient (Wildman–Crippen LogP) is -1.18. The summed E-state index contributed by atoms with van der Waals surface area (Å²) in [5, 5.41) is 18.3. The summed E-state index contributed by atoms with van der Waals surface area (Å²) >= 11 is 0. The molecule has 2 aliphatic heterocycles. The van der Waals surface area contributed by atoms with E-state index in [9.17, 15) is 18.7 Å². The Kier molecular flexibility index (Phi) is 3.86. The van der Waals surface area contributed by atoms with Crippen molar-refractivity contribution >= 4 is 5.91 Å². The van der Waals surface area contributed by atoms with Gasteiger partial charge in [-0.2, -0.15) is 8.78 Å². The van der Waals surface area contributed by atoms with Gasteiger partial charge in [0.15, 0.2) is 6.23 Å². The van der Waals surface area contributed by atoms with Crippen LogP contribution in [0, 0.1) is 0 Å². The number of carbonyl (C=O) groups is 1. The van der Waals surface area contributed by atoms with E-state index in [1.165, 1.54) is 4.90 Å². The van der Waals surface area contributed by atoms with Gasteiger partial charge >= 0.3 is 5.92 Å². The van der Waals surface area contributed by atoms with Crippen LogP contribution in [-0.2, 0) is 9.53 Å². The van der Waals surface area contributed by atoms with Crippen LogP contribution in [0.1, 0.15) is 6.42 Å². The number of carbonyl (C=O) groups excluding carboxylic acids is 1. The van der Waals surface area contributed by atoms with Crippen LogP contribution in [0.2, 0.25) is 0 Å². The Morgan fingerprint density at radius 1 is 1.63 bits per heavy atom. The molecule has 0 bridgehead atoms. The zero-order chi connectivity index (χ0) is 14.2. The number of alkyl halides is 2. The highest BCUT2D eigenvalue weighted by Crippen LogP contribution is 2.38. The van der Waals surface area contributed by atoms with Crippen molar-refractivity contribution in [3.63, 3.8) is 0 Å². The highest BCUT2D eigenvalue weighted by atomic mass is 19.3. The van der Waals surface area contributed by atoms with Crippen LogP contribution in [-0.4, -0.2) is 65.1 Å². The van der Waals surface area contributed by atoms with E-state index >= 15 is 0 Å². The Balaban J connectivity index is 2.14. The highest BCUT2D eigenvalue weighted by Gasteiger charge is 2.60. The average molecular weight is 278 g/mol. The van der Waals surface area contributed by atoms with Crippen molar-refractivity contribution in [3.05, 3.63) is 11.6 Å². The quantitative estimate of drug-likeness (QED) is 0.604. The van der Waals surface area contributed by atoms with E-state index in [0.717, 1.165) is 0 Å².